The zero-order valence-electron chi connectivity index (χ0n) is 12.3. The molecule has 1 unspecified atom stereocenters. The molecule has 0 saturated carbocycles. The summed E-state index contributed by atoms with van der Waals surface area (Å²) in [5, 5.41) is 9.65. The minimum Gasteiger partial charge on any atom is -0.392 e. The van der Waals surface area contributed by atoms with Crippen LogP contribution in [0.5, 0.6) is 0 Å². The van der Waals surface area contributed by atoms with E-state index in [-0.39, 0.29) is 0 Å². The average molecular weight is 291 g/mol. The number of hydrogen-bond acceptors (Lipinski definition) is 4. The molecule has 8 nitrogen and oxygen atoms in total. The van der Waals surface area contributed by atoms with Crippen molar-refractivity contribution in [1.29, 1.82) is 0 Å². The molecule has 3 rings (SSSR count). The van der Waals surface area contributed by atoms with Gasteiger partial charge >= 0.3 is 5.69 Å². The fraction of sp³-hybridized carbons (Fsp3) is 0.462. The van der Waals surface area contributed by atoms with Gasteiger partial charge in [-0.2, -0.15) is 4.98 Å². The summed E-state index contributed by atoms with van der Waals surface area (Å²) in [7, 11) is 1.56. The highest BCUT2D eigenvalue weighted by Gasteiger charge is 2.20. The van der Waals surface area contributed by atoms with Crippen LogP contribution in [0.15, 0.2) is 9.59 Å². The summed E-state index contributed by atoms with van der Waals surface area (Å²) in [6, 6.07) is 0. The zero-order chi connectivity index (χ0) is 15.5. The van der Waals surface area contributed by atoms with Crippen molar-refractivity contribution in [3.05, 3.63) is 32.2 Å². The Kier molecular flexibility index (Phi) is 2.80. The van der Waals surface area contributed by atoms with Gasteiger partial charge in [0.1, 0.15) is 0 Å². The Morgan fingerprint density at radius 2 is 1.95 bits per heavy atom. The van der Waals surface area contributed by atoms with Crippen molar-refractivity contribution >= 4 is 16.9 Å². The summed E-state index contributed by atoms with van der Waals surface area (Å²) in [6.45, 7) is 5.86. The fourth-order valence-electron chi connectivity index (χ4n) is 2.66. The molecule has 2 N–H and O–H groups in total. The summed E-state index contributed by atoms with van der Waals surface area (Å²) in [5.41, 5.74) is 1.51. The van der Waals surface area contributed by atoms with Gasteiger partial charge < -0.3 is 9.67 Å². The van der Waals surface area contributed by atoms with Crippen LogP contribution in [-0.4, -0.2) is 34.7 Å². The normalized spacial score (nSPS) is 13.4. The third-order valence-electron chi connectivity index (χ3n) is 3.85. The number of aromatic amines is 1. The van der Waals surface area contributed by atoms with Gasteiger partial charge in [-0.15, -0.1) is 0 Å². The smallest absolute Gasteiger partial charge is 0.329 e. The molecule has 0 saturated heterocycles. The largest absolute Gasteiger partial charge is 0.392 e. The molecule has 3 aromatic rings. The maximum absolute atomic E-state index is 12.1. The lowest BCUT2D eigenvalue weighted by Crippen LogP contribution is -2.28. The highest BCUT2D eigenvalue weighted by Crippen LogP contribution is 2.20. The molecule has 1 atom stereocenters. The Labute approximate surface area is 119 Å². The lowest BCUT2D eigenvalue weighted by Gasteiger charge is -2.08. The first kappa shape index (κ1) is 13.6. The molecule has 0 aliphatic rings. The topological polar surface area (TPSA) is 97.3 Å². The highest BCUT2D eigenvalue weighted by atomic mass is 16.3. The molecule has 8 heteroatoms. The van der Waals surface area contributed by atoms with Crippen LogP contribution in [0.3, 0.4) is 0 Å². The summed E-state index contributed by atoms with van der Waals surface area (Å²) >= 11 is 0. The van der Waals surface area contributed by atoms with Crippen LogP contribution in [0.4, 0.5) is 0 Å². The van der Waals surface area contributed by atoms with Gasteiger partial charge in [0.2, 0.25) is 5.78 Å². The number of aliphatic hydroxyl groups excluding tert-OH is 1. The number of nitrogens with zero attached hydrogens (tertiary/aromatic N) is 4. The predicted molar refractivity (Wildman–Crippen MR) is 77.7 cm³/mol. The second-order valence-electron chi connectivity index (χ2n) is 5.37. The van der Waals surface area contributed by atoms with Crippen LogP contribution in [0.1, 0.15) is 18.3 Å². The molecule has 0 aromatic carbocycles. The summed E-state index contributed by atoms with van der Waals surface area (Å²) in [6.07, 6.45) is -0.541. The number of aromatic nitrogens is 5. The van der Waals surface area contributed by atoms with Gasteiger partial charge in [0.05, 0.1) is 12.6 Å². The van der Waals surface area contributed by atoms with Gasteiger partial charge in [-0.1, -0.05) is 0 Å². The van der Waals surface area contributed by atoms with Crippen molar-refractivity contribution in [2.75, 3.05) is 0 Å². The molecule has 21 heavy (non-hydrogen) atoms. The van der Waals surface area contributed by atoms with Gasteiger partial charge in [-0.3, -0.25) is 18.7 Å². The number of aryl methyl sites for hydroxylation is 2. The van der Waals surface area contributed by atoms with Gasteiger partial charge in [-0.05, 0) is 20.8 Å². The maximum atomic E-state index is 12.1. The highest BCUT2D eigenvalue weighted by molar-refractivity contribution is 5.76. The van der Waals surface area contributed by atoms with Gasteiger partial charge in [0, 0.05) is 18.4 Å². The van der Waals surface area contributed by atoms with E-state index in [1.807, 2.05) is 18.4 Å². The molecular weight excluding hydrogens is 274 g/mol. The van der Waals surface area contributed by atoms with Crippen molar-refractivity contribution in [2.45, 2.75) is 33.4 Å². The molecule has 0 radical (unpaired) electrons. The van der Waals surface area contributed by atoms with E-state index in [0.29, 0.717) is 23.5 Å². The molecule has 0 spiro atoms. The Morgan fingerprint density at radius 3 is 2.57 bits per heavy atom. The van der Waals surface area contributed by atoms with Crippen LogP contribution < -0.4 is 11.2 Å². The molecule has 3 aromatic heterocycles. The van der Waals surface area contributed by atoms with E-state index >= 15 is 0 Å². The minimum atomic E-state index is -0.541. The Morgan fingerprint density at radius 1 is 1.29 bits per heavy atom. The van der Waals surface area contributed by atoms with Crippen LogP contribution in [0, 0.1) is 13.8 Å². The van der Waals surface area contributed by atoms with E-state index in [0.717, 1.165) is 11.4 Å². The van der Waals surface area contributed by atoms with E-state index in [9.17, 15) is 14.7 Å². The predicted octanol–water partition coefficient (Wildman–Crippen LogP) is -0.326. The first-order valence-corrected chi connectivity index (χ1v) is 6.68. The Bertz CT molecular complexity index is 970. The van der Waals surface area contributed by atoms with Crippen LogP contribution in [0.25, 0.3) is 16.9 Å². The third-order valence-corrected chi connectivity index (χ3v) is 3.85. The van der Waals surface area contributed by atoms with Crippen LogP contribution in [0.2, 0.25) is 0 Å². The van der Waals surface area contributed by atoms with E-state index in [1.165, 1.54) is 4.57 Å². The standard InChI is InChI=1S/C13H17N5O3/c1-6(19)5-17-7(2)8(3)18-9-10(14-12(17)18)16(4)13(21)15-11(9)20/h6,19H,5H2,1-4H3,(H,15,20,21). The number of imidazole rings is 2. The minimum absolute atomic E-state index is 0.334. The molecule has 0 bridgehead atoms. The van der Waals surface area contributed by atoms with Crippen LogP contribution >= 0.6 is 0 Å². The molecule has 0 aliphatic carbocycles. The first-order chi connectivity index (χ1) is 9.82. The lowest BCUT2D eigenvalue weighted by atomic mass is 10.3. The second-order valence-corrected chi connectivity index (χ2v) is 5.37. The van der Waals surface area contributed by atoms with Gasteiger partial charge in [-0.25, -0.2) is 4.79 Å². The molecule has 112 valence electrons. The molecule has 3 heterocycles. The molecule has 0 fully saturated rings. The van der Waals surface area contributed by atoms with Crippen molar-refractivity contribution in [2.24, 2.45) is 7.05 Å². The lowest BCUT2D eigenvalue weighted by molar-refractivity contribution is 0.174. The zero-order valence-corrected chi connectivity index (χ0v) is 12.3. The van der Waals surface area contributed by atoms with Gasteiger partial charge in [0.25, 0.3) is 5.56 Å². The monoisotopic (exact) mass is 291 g/mol. The SMILES string of the molecule is Cc1c(C)n2c3c(=O)[nH]c(=O)n(C)c3nc2n1CC(C)O. The average Bonchev–Trinajstić information content (AvgIpc) is 2.89. The van der Waals surface area contributed by atoms with E-state index in [1.54, 1.807) is 18.4 Å². The maximum Gasteiger partial charge on any atom is 0.329 e. The van der Waals surface area contributed by atoms with Crippen molar-refractivity contribution in [3.8, 4) is 0 Å². The van der Waals surface area contributed by atoms with Crippen molar-refractivity contribution in [3.63, 3.8) is 0 Å². The number of fused-ring (bicyclic) bond motifs is 3. The summed E-state index contributed by atoms with van der Waals surface area (Å²) in [4.78, 5) is 30.5. The van der Waals surface area contributed by atoms with E-state index in [4.69, 9.17) is 0 Å². The molecule has 0 aliphatic heterocycles. The second kappa shape index (κ2) is 4.32. The van der Waals surface area contributed by atoms with Crippen molar-refractivity contribution in [1.82, 2.24) is 23.5 Å². The summed E-state index contributed by atoms with van der Waals surface area (Å²) in [5.74, 6) is 0.549. The van der Waals surface area contributed by atoms with E-state index in [2.05, 4.69) is 9.97 Å². The quantitative estimate of drug-likeness (QED) is 0.676. The Balaban J connectivity index is 2.55. The van der Waals surface area contributed by atoms with Crippen molar-refractivity contribution < 1.29 is 5.11 Å². The molecular formula is C13H17N5O3. The Hall–Kier alpha value is -2.35. The fourth-order valence-corrected chi connectivity index (χ4v) is 2.66. The molecule has 0 amide bonds. The number of rotatable bonds is 2. The summed E-state index contributed by atoms with van der Waals surface area (Å²) < 4.78 is 4.89. The number of hydrogen-bond donors (Lipinski definition) is 2. The first-order valence-electron chi connectivity index (χ1n) is 6.68. The van der Waals surface area contributed by atoms with Crippen LogP contribution in [-0.2, 0) is 13.6 Å². The third kappa shape index (κ3) is 1.75. The number of nitrogens with one attached hydrogen (secondary N) is 1. The number of H-pyrrole nitrogens is 1. The number of aliphatic hydroxyl groups is 1. The van der Waals surface area contributed by atoms with Gasteiger partial charge in [0.15, 0.2) is 11.2 Å². The van der Waals surface area contributed by atoms with E-state index < -0.39 is 17.4 Å².